The van der Waals surface area contributed by atoms with Crippen LogP contribution in [0, 0.1) is 0 Å². The van der Waals surface area contributed by atoms with E-state index in [2.05, 4.69) is 29.2 Å². The van der Waals surface area contributed by atoms with Gasteiger partial charge in [0.15, 0.2) is 0 Å². The number of fused-ring (bicyclic) bond motifs is 3. The molecule has 37 heavy (non-hydrogen) atoms. The summed E-state index contributed by atoms with van der Waals surface area (Å²) in [4.78, 5) is 31.9. The average Bonchev–Trinajstić information content (AvgIpc) is 3.20. The molecule has 7 nitrogen and oxygen atoms in total. The van der Waals surface area contributed by atoms with Gasteiger partial charge in [-0.15, -0.1) is 0 Å². The van der Waals surface area contributed by atoms with Gasteiger partial charge >= 0.3 is 12.1 Å². The summed E-state index contributed by atoms with van der Waals surface area (Å²) in [6.45, 7) is 5.60. The number of esters is 1. The van der Waals surface area contributed by atoms with Gasteiger partial charge in [0.25, 0.3) is 0 Å². The largest absolute Gasteiger partial charge is 0.495 e. The van der Waals surface area contributed by atoms with Gasteiger partial charge in [-0.25, -0.2) is 9.59 Å². The van der Waals surface area contributed by atoms with Crippen molar-refractivity contribution < 1.29 is 23.8 Å². The Bertz CT molecular complexity index is 1220. The van der Waals surface area contributed by atoms with Gasteiger partial charge in [-0.2, -0.15) is 0 Å². The van der Waals surface area contributed by atoms with E-state index in [1.54, 1.807) is 47.3 Å². The molecular formula is C30H34N2O5. The summed E-state index contributed by atoms with van der Waals surface area (Å²) in [6.07, 6.45) is 3.64. The quantitative estimate of drug-likeness (QED) is 0.373. The second kappa shape index (κ2) is 11.0. The molecule has 0 N–H and O–H groups in total. The lowest BCUT2D eigenvalue weighted by Crippen LogP contribution is -2.46. The average molecular weight is 503 g/mol. The van der Waals surface area contributed by atoms with Crippen molar-refractivity contribution >= 4 is 12.1 Å². The molecule has 1 atom stereocenters. The summed E-state index contributed by atoms with van der Waals surface area (Å²) < 4.78 is 16.7. The predicted molar refractivity (Wildman–Crippen MR) is 142 cm³/mol. The Morgan fingerprint density at radius 3 is 2.22 bits per heavy atom. The summed E-state index contributed by atoms with van der Waals surface area (Å²) in [7, 11) is 3.16. The fraction of sp³-hybridized carbons (Fsp3) is 0.367. The van der Waals surface area contributed by atoms with Crippen LogP contribution in [0.4, 0.5) is 4.79 Å². The number of methoxy groups -OCH3 is 1. The normalized spacial score (nSPS) is 13.3. The number of rotatable bonds is 8. The monoisotopic (exact) mass is 502 g/mol. The van der Waals surface area contributed by atoms with Crippen molar-refractivity contribution in [1.29, 1.82) is 0 Å². The molecule has 3 aromatic rings. The van der Waals surface area contributed by atoms with E-state index in [1.165, 1.54) is 4.90 Å². The Balaban J connectivity index is 1.48. The standard InChI is InChI=1S/C30H34N2O5/c1-30(2,3)37-28(33)27(15-14-20-16-21(35-5)18-31-17-20)32(4)29(34)36-19-26-24-12-8-6-10-22(24)23-11-7-9-13-25(23)26/h6-13,16-18,26-27H,14-15,19H2,1-5H3. The molecule has 1 aliphatic carbocycles. The van der Waals surface area contributed by atoms with Crippen molar-refractivity contribution in [1.82, 2.24) is 9.88 Å². The van der Waals surface area contributed by atoms with Crippen molar-refractivity contribution in [3.05, 3.63) is 83.7 Å². The molecule has 0 radical (unpaired) electrons. The molecule has 1 unspecified atom stereocenters. The summed E-state index contributed by atoms with van der Waals surface area (Å²) >= 11 is 0. The number of aryl methyl sites for hydroxylation is 1. The van der Waals surface area contributed by atoms with Gasteiger partial charge in [-0.1, -0.05) is 48.5 Å². The molecule has 7 heteroatoms. The van der Waals surface area contributed by atoms with E-state index < -0.39 is 23.7 Å². The maximum atomic E-state index is 13.2. The van der Waals surface area contributed by atoms with Crippen molar-refractivity contribution in [3.8, 4) is 16.9 Å². The van der Waals surface area contributed by atoms with Crippen LogP contribution in [-0.2, 0) is 20.7 Å². The first kappa shape index (κ1) is 26.2. The van der Waals surface area contributed by atoms with Crippen LogP contribution in [0.25, 0.3) is 11.1 Å². The fourth-order valence-electron chi connectivity index (χ4n) is 4.68. The molecule has 0 saturated heterocycles. The Morgan fingerprint density at radius 2 is 1.62 bits per heavy atom. The molecule has 1 aliphatic rings. The molecule has 0 bridgehead atoms. The number of ether oxygens (including phenoxy) is 3. The summed E-state index contributed by atoms with van der Waals surface area (Å²) in [5.74, 6) is 0.100. The number of benzene rings is 2. The zero-order valence-electron chi connectivity index (χ0n) is 22.1. The van der Waals surface area contributed by atoms with Gasteiger partial charge in [0.1, 0.15) is 24.0 Å². The van der Waals surface area contributed by atoms with Gasteiger partial charge in [0.05, 0.1) is 13.3 Å². The highest BCUT2D eigenvalue weighted by atomic mass is 16.6. The Kier molecular flexibility index (Phi) is 7.81. The lowest BCUT2D eigenvalue weighted by Gasteiger charge is -2.30. The Morgan fingerprint density at radius 1 is 1.00 bits per heavy atom. The molecule has 0 saturated carbocycles. The van der Waals surface area contributed by atoms with E-state index in [9.17, 15) is 9.59 Å². The number of carbonyl (C=O) groups excluding carboxylic acids is 2. The number of nitrogens with zero attached hydrogens (tertiary/aromatic N) is 2. The maximum absolute atomic E-state index is 13.2. The van der Waals surface area contributed by atoms with E-state index in [0.717, 1.165) is 27.8 Å². The molecule has 0 fully saturated rings. The molecular weight excluding hydrogens is 468 g/mol. The number of aromatic nitrogens is 1. The molecule has 1 aromatic heterocycles. The smallest absolute Gasteiger partial charge is 0.410 e. The second-order valence-electron chi connectivity index (χ2n) is 10.2. The van der Waals surface area contributed by atoms with E-state index in [0.29, 0.717) is 18.6 Å². The van der Waals surface area contributed by atoms with Crippen LogP contribution in [0.1, 0.15) is 49.8 Å². The third kappa shape index (κ3) is 6.10. The van der Waals surface area contributed by atoms with Crippen molar-refractivity contribution in [2.75, 3.05) is 20.8 Å². The molecule has 1 heterocycles. The lowest BCUT2D eigenvalue weighted by molar-refractivity contribution is -0.160. The number of pyridine rings is 1. The zero-order chi connectivity index (χ0) is 26.6. The molecule has 4 rings (SSSR count). The zero-order valence-corrected chi connectivity index (χ0v) is 22.1. The van der Waals surface area contributed by atoms with E-state index in [4.69, 9.17) is 14.2 Å². The first-order chi connectivity index (χ1) is 17.7. The second-order valence-corrected chi connectivity index (χ2v) is 10.2. The first-order valence-corrected chi connectivity index (χ1v) is 12.5. The number of amides is 1. The van der Waals surface area contributed by atoms with Crippen LogP contribution < -0.4 is 4.74 Å². The van der Waals surface area contributed by atoms with Crippen LogP contribution in [0.15, 0.2) is 67.0 Å². The van der Waals surface area contributed by atoms with E-state index >= 15 is 0 Å². The van der Waals surface area contributed by atoms with Crippen molar-refractivity contribution in [3.63, 3.8) is 0 Å². The van der Waals surface area contributed by atoms with Gasteiger partial charge in [0, 0.05) is 19.2 Å². The highest BCUT2D eigenvalue weighted by Crippen LogP contribution is 2.44. The van der Waals surface area contributed by atoms with Gasteiger partial charge in [-0.3, -0.25) is 9.88 Å². The lowest BCUT2D eigenvalue weighted by atomic mass is 9.98. The first-order valence-electron chi connectivity index (χ1n) is 12.5. The van der Waals surface area contributed by atoms with Crippen LogP contribution in [0.5, 0.6) is 5.75 Å². The van der Waals surface area contributed by atoms with Crippen LogP contribution in [0.2, 0.25) is 0 Å². The Labute approximate surface area is 218 Å². The number of carbonyl (C=O) groups is 2. The third-order valence-corrected chi connectivity index (χ3v) is 6.48. The number of likely N-dealkylation sites (N-methyl/N-ethyl adjacent to an activating group) is 1. The third-order valence-electron chi connectivity index (χ3n) is 6.48. The Hall–Kier alpha value is -3.87. The van der Waals surface area contributed by atoms with E-state index in [-0.39, 0.29) is 12.5 Å². The molecule has 0 spiro atoms. The molecule has 1 amide bonds. The minimum absolute atomic E-state index is 0.0624. The maximum Gasteiger partial charge on any atom is 0.410 e. The van der Waals surface area contributed by atoms with Crippen LogP contribution >= 0.6 is 0 Å². The fourth-order valence-corrected chi connectivity index (χ4v) is 4.68. The number of hydrogen-bond donors (Lipinski definition) is 0. The minimum atomic E-state index is -0.818. The number of hydrogen-bond acceptors (Lipinski definition) is 6. The molecule has 0 aliphatic heterocycles. The van der Waals surface area contributed by atoms with Crippen molar-refractivity contribution in [2.24, 2.45) is 0 Å². The minimum Gasteiger partial charge on any atom is -0.495 e. The summed E-state index contributed by atoms with van der Waals surface area (Å²) in [5.41, 5.74) is 4.79. The predicted octanol–water partition coefficient (Wildman–Crippen LogP) is 5.61. The molecule has 194 valence electrons. The van der Waals surface area contributed by atoms with Gasteiger partial charge in [0.2, 0.25) is 0 Å². The highest BCUT2D eigenvalue weighted by molar-refractivity contribution is 5.82. The van der Waals surface area contributed by atoms with Crippen LogP contribution in [-0.4, -0.2) is 54.4 Å². The molecule has 2 aromatic carbocycles. The topological polar surface area (TPSA) is 78.0 Å². The SMILES string of the molecule is COc1cncc(CCC(C(=O)OC(C)(C)C)N(C)C(=O)OCC2c3ccccc3-c3ccccc32)c1. The highest BCUT2D eigenvalue weighted by Gasteiger charge is 2.34. The van der Waals surface area contributed by atoms with Gasteiger partial charge < -0.3 is 14.2 Å². The summed E-state index contributed by atoms with van der Waals surface area (Å²) in [5, 5.41) is 0. The summed E-state index contributed by atoms with van der Waals surface area (Å²) in [6, 6.07) is 17.4. The van der Waals surface area contributed by atoms with Crippen LogP contribution in [0.3, 0.4) is 0 Å². The van der Waals surface area contributed by atoms with E-state index in [1.807, 2.05) is 30.3 Å². The van der Waals surface area contributed by atoms with Gasteiger partial charge in [-0.05, 0) is 67.5 Å². The van der Waals surface area contributed by atoms with Crippen molar-refractivity contribution in [2.45, 2.75) is 51.2 Å².